The molecule has 0 fully saturated rings. The highest BCUT2D eigenvalue weighted by atomic mass is 32.2. The highest BCUT2D eigenvalue weighted by molar-refractivity contribution is 8.14. The van der Waals surface area contributed by atoms with Crippen LogP contribution < -0.4 is 0 Å². The standard InChI is InChI=1S/C16H23N3S2/c1-12(2)19(13(3)4)21-18-16(10-17)20-11-15-8-6-14(5)7-9-15/h6-9,12-13H,11H2,1-5H3. The molecule has 0 aromatic heterocycles. The quantitative estimate of drug-likeness (QED) is 0.427. The first-order chi connectivity index (χ1) is 9.93. The Balaban J connectivity index is 2.60. The summed E-state index contributed by atoms with van der Waals surface area (Å²) in [5.74, 6) is 0.774. The highest BCUT2D eigenvalue weighted by Gasteiger charge is 2.14. The van der Waals surface area contributed by atoms with Crippen molar-refractivity contribution in [3.63, 3.8) is 0 Å². The van der Waals surface area contributed by atoms with Crippen LogP contribution in [0.4, 0.5) is 0 Å². The number of nitrogens with zero attached hydrogens (tertiary/aromatic N) is 3. The molecule has 0 radical (unpaired) electrons. The number of aryl methyl sites for hydroxylation is 1. The van der Waals surface area contributed by atoms with Crippen molar-refractivity contribution in [2.75, 3.05) is 0 Å². The van der Waals surface area contributed by atoms with E-state index in [0.717, 1.165) is 5.75 Å². The molecule has 3 nitrogen and oxygen atoms in total. The molecule has 0 atom stereocenters. The van der Waals surface area contributed by atoms with Crippen molar-refractivity contribution in [2.24, 2.45) is 4.40 Å². The molecule has 0 unspecified atom stereocenters. The third-order valence-corrected chi connectivity index (χ3v) is 5.17. The smallest absolute Gasteiger partial charge is 0.183 e. The van der Waals surface area contributed by atoms with Gasteiger partial charge in [0.1, 0.15) is 6.07 Å². The van der Waals surface area contributed by atoms with E-state index in [4.69, 9.17) is 0 Å². The zero-order chi connectivity index (χ0) is 15.8. The molecular formula is C16H23N3S2. The fraction of sp³-hybridized carbons (Fsp3) is 0.500. The molecule has 0 amide bonds. The Bertz CT molecular complexity index is 493. The fourth-order valence-corrected chi connectivity index (χ4v) is 3.24. The number of hydrogen-bond acceptors (Lipinski definition) is 5. The van der Waals surface area contributed by atoms with Gasteiger partial charge in [0.15, 0.2) is 5.04 Å². The summed E-state index contributed by atoms with van der Waals surface area (Å²) in [6.07, 6.45) is 0. The second-order valence-corrected chi connectivity index (χ2v) is 7.14. The van der Waals surface area contributed by atoms with E-state index in [1.165, 1.54) is 35.0 Å². The van der Waals surface area contributed by atoms with Crippen molar-refractivity contribution >= 4 is 28.9 Å². The normalized spacial score (nSPS) is 12.2. The van der Waals surface area contributed by atoms with Gasteiger partial charge in [-0.1, -0.05) is 41.6 Å². The summed E-state index contributed by atoms with van der Waals surface area (Å²) < 4.78 is 6.56. The maximum Gasteiger partial charge on any atom is 0.183 e. The van der Waals surface area contributed by atoms with E-state index in [2.05, 4.69) is 73.7 Å². The van der Waals surface area contributed by atoms with Crippen LogP contribution in [-0.4, -0.2) is 21.4 Å². The van der Waals surface area contributed by atoms with Crippen LogP contribution in [0.3, 0.4) is 0 Å². The number of benzene rings is 1. The van der Waals surface area contributed by atoms with Crippen LogP contribution in [0.25, 0.3) is 0 Å². The summed E-state index contributed by atoms with van der Waals surface area (Å²) in [6.45, 7) is 10.6. The molecule has 1 aromatic rings. The summed E-state index contributed by atoms with van der Waals surface area (Å²) >= 11 is 2.87. The zero-order valence-corrected chi connectivity index (χ0v) is 15.0. The predicted octanol–water partition coefficient (Wildman–Crippen LogP) is 4.83. The Hall–Kier alpha value is -0.960. The van der Waals surface area contributed by atoms with Gasteiger partial charge in [-0.3, -0.25) is 0 Å². The van der Waals surface area contributed by atoms with Gasteiger partial charge in [0.25, 0.3) is 0 Å². The minimum atomic E-state index is 0.390. The van der Waals surface area contributed by atoms with Crippen molar-refractivity contribution in [3.05, 3.63) is 35.4 Å². The lowest BCUT2D eigenvalue weighted by Crippen LogP contribution is -2.30. The first-order valence-electron chi connectivity index (χ1n) is 7.06. The zero-order valence-electron chi connectivity index (χ0n) is 13.3. The minimum Gasteiger partial charge on any atom is -0.226 e. The molecule has 0 N–H and O–H groups in total. The lowest BCUT2D eigenvalue weighted by atomic mass is 10.2. The minimum absolute atomic E-state index is 0.390. The van der Waals surface area contributed by atoms with E-state index in [0.29, 0.717) is 17.1 Å². The molecule has 0 saturated heterocycles. The Morgan fingerprint density at radius 2 is 1.76 bits per heavy atom. The molecule has 5 heteroatoms. The SMILES string of the molecule is Cc1ccc(CSC(C#N)=NSN(C(C)C)C(C)C)cc1. The van der Waals surface area contributed by atoms with Crippen molar-refractivity contribution in [1.29, 1.82) is 5.26 Å². The molecule has 0 aliphatic rings. The van der Waals surface area contributed by atoms with Crippen LogP contribution >= 0.6 is 23.9 Å². The van der Waals surface area contributed by atoms with Crippen LogP contribution in [0.5, 0.6) is 0 Å². The molecule has 1 aromatic carbocycles. The molecule has 0 aliphatic heterocycles. The number of thioether (sulfide) groups is 1. The summed E-state index contributed by atoms with van der Waals surface area (Å²) in [7, 11) is 0. The van der Waals surface area contributed by atoms with E-state index in [9.17, 15) is 5.26 Å². The van der Waals surface area contributed by atoms with Gasteiger partial charge in [-0.2, -0.15) is 9.66 Å². The summed E-state index contributed by atoms with van der Waals surface area (Å²) in [5.41, 5.74) is 2.46. The van der Waals surface area contributed by atoms with Gasteiger partial charge >= 0.3 is 0 Å². The Kier molecular flexibility index (Phi) is 7.87. The Labute approximate surface area is 137 Å². The van der Waals surface area contributed by atoms with Crippen LogP contribution in [0.15, 0.2) is 28.7 Å². The second kappa shape index (κ2) is 9.14. The van der Waals surface area contributed by atoms with Crippen molar-refractivity contribution in [2.45, 2.75) is 52.5 Å². The summed E-state index contributed by atoms with van der Waals surface area (Å²) in [4.78, 5) is 0. The van der Waals surface area contributed by atoms with Crippen LogP contribution in [0.2, 0.25) is 0 Å². The number of rotatable bonds is 6. The van der Waals surface area contributed by atoms with Gasteiger partial charge in [-0.25, -0.2) is 4.31 Å². The first kappa shape index (κ1) is 18.1. The van der Waals surface area contributed by atoms with Gasteiger partial charge in [0.2, 0.25) is 0 Å². The third-order valence-electron chi connectivity index (χ3n) is 2.83. The van der Waals surface area contributed by atoms with Crippen molar-refractivity contribution in [1.82, 2.24) is 4.31 Å². The van der Waals surface area contributed by atoms with Gasteiger partial charge in [-0.15, -0.1) is 0 Å². The maximum atomic E-state index is 9.20. The average molecular weight is 322 g/mol. The average Bonchev–Trinajstić information content (AvgIpc) is 2.43. The predicted molar refractivity (Wildman–Crippen MR) is 95.2 cm³/mol. The fourth-order valence-electron chi connectivity index (χ4n) is 1.78. The third kappa shape index (κ3) is 6.56. The molecule has 0 heterocycles. The lowest BCUT2D eigenvalue weighted by molar-refractivity contribution is 0.336. The molecule has 0 bridgehead atoms. The number of nitriles is 1. The molecule has 0 saturated carbocycles. The van der Waals surface area contributed by atoms with Gasteiger partial charge in [0.05, 0.1) is 12.1 Å². The van der Waals surface area contributed by atoms with E-state index in [-0.39, 0.29) is 0 Å². The molecule has 0 aliphatic carbocycles. The van der Waals surface area contributed by atoms with Crippen molar-refractivity contribution < 1.29 is 0 Å². The Morgan fingerprint density at radius 3 is 2.24 bits per heavy atom. The summed E-state index contributed by atoms with van der Waals surface area (Å²) in [6, 6.07) is 11.3. The van der Waals surface area contributed by atoms with Gasteiger partial charge in [0, 0.05) is 17.8 Å². The van der Waals surface area contributed by atoms with Gasteiger partial charge in [-0.05, 0) is 40.2 Å². The van der Waals surface area contributed by atoms with Crippen molar-refractivity contribution in [3.8, 4) is 6.07 Å². The maximum absolute atomic E-state index is 9.20. The molecule has 114 valence electrons. The van der Waals surface area contributed by atoms with Crippen LogP contribution in [0, 0.1) is 18.3 Å². The monoisotopic (exact) mass is 321 g/mol. The van der Waals surface area contributed by atoms with Crippen LogP contribution in [0.1, 0.15) is 38.8 Å². The first-order valence-corrected chi connectivity index (χ1v) is 8.77. The largest absolute Gasteiger partial charge is 0.226 e. The van der Waals surface area contributed by atoms with E-state index < -0.39 is 0 Å². The van der Waals surface area contributed by atoms with E-state index in [1.807, 2.05) is 0 Å². The molecule has 1 rings (SSSR count). The molecule has 0 spiro atoms. The van der Waals surface area contributed by atoms with Gasteiger partial charge < -0.3 is 0 Å². The number of hydrogen-bond donors (Lipinski definition) is 0. The van der Waals surface area contributed by atoms with Crippen LogP contribution in [-0.2, 0) is 5.75 Å². The Morgan fingerprint density at radius 1 is 1.19 bits per heavy atom. The topological polar surface area (TPSA) is 39.4 Å². The highest BCUT2D eigenvalue weighted by Crippen LogP contribution is 2.22. The summed E-state index contributed by atoms with van der Waals surface area (Å²) in [5, 5.41) is 9.73. The molecule has 21 heavy (non-hydrogen) atoms. The lowest BCUT2D eigenvalue weighted by Gasteiger charge is -2.26. The molecular weight excluding hydrogens is 298 g/mol. The van der Waals surface area contributed by atoms with E-state index in [1.54, 1.807) is 0 Å². The van der Waals surface area contributed by atoms with E-state index >= 15 is 0 Å². The second-order valence-electron chi connectivity index (χ2n) is 5.41.